The first kappa shape index (κ1) is 16.1. The lowest BCUT2D eigenvalue weighted by molar-refractivity contribution is 0.191. The van der Waals surface area contributed by atoms with Gasteiger partial charge in [0.25, 0.3) is 0 Å². The van der Waals surface area contributed by atoms with Crippen LogP contribution in [0, 0.1) is 0 Å². The Bertz CT molecular complexity index is 204. The van der Waals surface area contributed by atoms with Crippen molar-refractivity contribution < 1.29 is 0 Å². The second kappa shape index (κ2) is 11.6. The van der Waals surface area contributed by atoms with Crippen molar-refractivity contribution in [3.63, 3.8) is 0 Å². The van der Waals surface area contributed by atoms with Crippen LogP contribution in [0.3, 0.4) is 0 Å². The van der Waals surface area contributed by atoms with Gasteiger partial charge in [-0.1, -0.05) is 18.2 Å². The second-order valence-corrected chi connectivity index (χ2v) is 4.03. The van der Waals surface area contributed by atoms with Crippen molar-refractivity contribution >= 4 is 0 Å². The van der Waals surface area contributed by atoms with E-state index >= 15 is 0 Å². The van der Waals surface area contributed by atoms with Crippen LogP contribution in [0.4, 0.5) is 0 Å². The Hall–Kier alpha value is -0.900. The third kappa shape index (κ3) is 7.91. The zero-order chi connectivity index (χ0) is 12.9. The number of hydrogen-bond donors (Lipinski definition) is 2. The molecule has 0 aromatic heterocycles. The summed E-state index contributed by atoms with van der Waals surface area (Å²) in [4.78, 5) is 2.32. The molecule has 0 heterocycles. The van der Waals surface area contributed by atoms with Crippen LogP contribution in [0.1, 0.15) is 19.3 Å². The first-order chi connectivity index (χ1) is 8.29. The predicted octanol–water partition coefficient (Wildman–Crippen LogP) is 1.89. The molecule has 0 aliphatic rings. The summed E-state index contributed by atoms with van der Waals surface area (Å²) in [6.07, 6.45) is 9.38. The maximum absolute atomic E-state index is 5.53. The van der Waals surface area contributed by atoms with Gasteiger partial charge in [-0.15, -0.1) is 19.7 Å². The monoisotopic (exact) mass is 237 g/mol. The van der Waals surface area contributed by atoms with Crippen molar-refractivity contribution in [2.45, 2.75) is 25.4 Å². The topological polar surface area (TPSA) is 41.3 Å². The maximum atomic E-state index is 5.53. The Kier molecular flexibility index (Phi) is 11.0. The molecule has 98 valence electrons. The summed E-state index contributed by atoms with van der Waals surface area (Å²) in [6, 6.07) is 0. The molecule has 0 aliphatic carbocycles. The molecule has 3 N–H and O–H groups in total. The highest BCUT2D eigenvalue weighted by molar-refractivity contribution is 4.85. The van der Waals surface area contributed by atoms with E-state index in [4.69, 9.17) is 5.73 Å². The first-order valence-corrected chi connectivity index (χ1v) is 6.30. The zero-order valence-electron chi connectivity index (χ0n) is 10.9. The fourth-order valence-corrected chi connectivity index (χ4v) is 1.78. The van der Waals surface area contributed by atoms with Crippen LogP contribution in [-0.4, -0.2) is 37.2 Å². The van der Waals surface area contributed by atoms with E-state index in [0.717, 1.165) is 45.4 Å². The van der Waals surface area contributed by atoms with Gasteiger partial charge in [0, 0.05) is 19.6 Å². The molecule has 0 aromatic rings. The van der Waals surface area contributed by atoms with Crippen molar-refractivity contribution in [2.75, 3.05) is 26.2 Å². The molecule has 3 heteroatoms. The summed E-state index contributed by atoms with van der Waals surface area (Å²) in [6.45, 7) is 14.6. The largest absolute Gasteiger partial charge is 0.330 e. The van der Waals surface area contributed by atoms with Crippen molar-refractivity contribution in [2.24, 2.45) is 5.73 Å². The zero-order valence-corrected chi connectivity index (χ0v) is 10.9. The number of rotatable bonds is 12. The van der Waals surface area contributed by atoms with Gasteiger partial charge in [0.15, 0.2) is 0 Å². The van der Waals surface area contributed by atoms with Gasteiger partial charge in [-0.25, -0.2) is 0 Å². The van der Waals surface area contributed by atoms with E-state index < -0.39 is 0 Å². The Morgan fingerprint density at radius 1 is 1.06 bits per heavy atom. The lowest BCUT2D eigenvalue weighted by Crippen LogP contribution is -2.46. The average molecular weight is 237 g/mol. The van der Waals surface area contributed by atoms with Crippen molar-refractivity contribution in [1.82, 2.24) is 10.2 Å². The summed E-state index contributed by atoms with van der Waals surface area (Å²) >= 11 is 0. The van der Waals surface area contributed by atoms with E-state index in [1.54, 1.807) is 0 Å². The molecule has 0 bridgehead atoms. The molecular weight excluding hydrogens is 210 g/mol. The van der Waals surface area contributed by atoms with E-state index in [1.165, 1.54) is 0 Å². The molecule has 0 aliphatic heterocycles. The number of unbranched alkanes of at least 4 members (excludes halogenated alkanes) is 1. The number of nitrogens with two attached hydrogens (primary N) is 1. The van der Waals surface area contributed by atoms with Crippen LogP contribution < -0.4 is 11.1 Å². The van der Waals surface area contributed by atoms with Gasteiger partial charge in [-0.3, -0.25) is 10.2 Å². The molecule has 3 nitrogen and oxygen atoms in total. The summed E-state index contributed by atoms with van der Waals surface area (Å²) in [5.74, 6) is 0. The molecule has 0 aromatic carbocycles. The van der Waals surface area contributed by atoms with Crippen molar-refractivity contribution in [1.29, 1.82) is 0 Å². The molecule has 0 amide bonds. The molecule has 0 saturated heterocycles. The smallest absolute Gasteiger partial charge is 0.0605 e. The van der Waals surface area contributed by atoms with Gasteiger partial charge in [0.2, 0.25) is 0 Å². The summed E-state index contributed by atoms with van der Waals surface area (Å²) < 4.78 is 0. The Balaban J connectivity index is 4.29. The van der Waals surface area contributed by atoms with Gasteiger partial charge in [0.1, 0.15) is 0 Å². The molecule has 1 unspecified atom stereocenters. The Morgan fingerprint density at radius 2 is 1.71 bits per heavy atom. The van der Waals surface area contributed by atoms with Crippen LogP contribution in [0.15, 0.2) is 38.0 Å². The molecule has 0 saturated carbocycles. The minimum Gasteiger partial charge on any atom is -0.330 e. The van der Waals surface area contributed by atoms with Gasteiger partial charge < -0.3 is 5.73 Å². The molecule has 0 rings (SSSR count). The number of nitrogens with one attached hydrogen (secondary N) is 1. The SMILES string of the molecule is C=CCNC(CCCCN)N(CC=C)CC=C. The molecule has 0 spiro atoms. The van der Waals surface area contributed by atoms with Gasteiger partial charge in [0.05, 0.1) is 6.17 Å². The molecule has 1 atom stereocenters. The van der Waals surface area contributed by atoms with E-state index in [2.05, 4.69) is 30.0 Å². The fraction of sp³-hybridized carbons (Fsp3) is 0.571. The molecule has 17 heavy (non-hydrogen) atoms. The summed E-state index contributed by atoms with van der Waals surface area (Å²) in [5, 5.41) is 3.47. The Morgan fingerprint density at radius 3 is 2.18 bits per heavy atom. The molecule has 0 radical (unpaired) electrons. The van der Waals surface area contributed by atoms with E-state index in [9.17, 15) is 0 Å². The van der Waals surface area contributed by atoms with E-state index in [-0.39, 0.29) is 0 Å². The highest BCUT2D eigenvalue weighted by Gasteiger charge is 2.14. The average Bonchev–Trinajstić information content (AvgIpc) is 2.33. The maximum Gasteiger partial charge on any atom is 0.0605 e. The third-order valence-electron chi connectivity index (χ3n) is 2.60. The molecule has 0 fully saturated rings. The van der Waals surface area contributed by atoms with E-state index in [0.29, 0.717) is 6.17 Å². The lowest BCUT2D eigenvalue weighted by atomic mass is 10.1. The minimum absolute atomic E-state index is 0.343. The number of nitrogens with zero attached hydrogens (tertiary/aromatic N) is 1. The van der Waals surface area contributed by atoms with Crippen LogP contribution in [-0.2, 0) is 0 Å². The lowest BCUT2D eigenvalue weighted by Gasteiger charge is -2.30. The highest BCUT2D eigenvalue weighted by Crippen LogP contribution is 2.06. The highest BCUT2D eigenvalue weighted by atomic mass is 15.3. The third-order valence-corrected chi connectivity index (χ3v) is 2.60. The summed E-state index contributed by atoms with van der Waals surface area (Å²) in [5.41, 5.74) is 5.53. The van der Waals surface area contributed by atoms with Crippen LogP contribution >= 0.6 is 0 Å². The van der Waals surface area contributed by atoms with Gasteiger partial charge in [-0.2, -0.15) is 0 Å². The van der Waals surface area contributed by atoms with Crippen molar-refractivity contribution in [3.8, 4) is 0 Å². The van der Waals surface area contributed by atoms with Crippen LogP contribution in [0.5, 0.6) is 0 Å². The first-order valence-electron chi connectivity index (χ1n) is 6.30. The molecular formula is C14H27N3. The van der Waals surface area contributed by atoms with Crippen LogP contribution in [0.25, 0.3) is 0 Å². The predicted molar refractivity (Wildman–Crippen MR) is 76.9 cm³/mol. The minimum atomic E-state index is 0.343. The van der Waals surface area contributed by atoms with E-state index in [1.807, 2.05) is 18.2 Å². The summed E-state index contributed by atoms with van der Waals surface area (Å²) in [7, 11) is 0. The number of hydrogen-bond acceptors (Lipinski definition) is 3. The van der Waals surface area contributed by atoms with Gasteiger partial charge >= 0.3 is 0 Å². The fourth-order valence-electron chi connectivity index (χ4n) is 1.78. The van der Waals surface area contributed by atoms with Crippen molar-refractivity contribution in [3.05, 3.63) is 38.0 Å². The standard InChI is InChI=1S/C14H27N3/c1-4-11-16-14(9-7-8-10-15)17(12-5-2)13-6-3/h4-6,14,16H,1-3,7-13,15H2. The second-order valence-electron chi connectivity index (χ2n) is 4.03. The Labute approximate surface area is 106 Å². The van der Waals surface area contributed by atoms with Gasteiger partial charge in [-0.05, 0) is 25.8 Å². The quantitative estimate of drug-likeness (QED) is 0.309. The van der Waals surface area contributed by atoms with Crippen LogP contribution in [0.2, 0.25) is 0 Å². The normalized spacial score (nSPS) is 12.4.